The summed E-state index contributed by atoms with van der Waals surface area (Å²) in [6.45, 7) is 0.357. The van der Waals surface area contributed by atoms with E-state index in [4.69, 9.17) is 5.73 Å². The minimum absolute atomic E-state index is 0.0331. The van der Waals surface area contributed by atoms with Crippen molar-refractivity contribution >= 4 is 40.4 Å². The van der Waals surface area contributed by atoms with E-state index in [-0.39, 0.29) is 18.6 Å². The maximum atomic E-state index is 12.9. The molecule has 2 heterocycles. The zero-order valence-electron chi connectivity index (χ0n) is 16.5. The van der Waals surface area contributed by atoms with E-state index in [0.29, 0.717) is 12.1 Å². The molecule has 3 rings (SSSR count). The number of hydrogen-bond acceptors (Lipinski definition) is 6. The van der Waals surface area contributed by atoms with Crippen LogP contribution in [0.4, 0.5) is 0 Å². The van der Waals surface area contributed by atoms with Crippen molar-refractivity contribution in [3.05, 3.63) is 36.0 Å². The molecule has 1 aromatic carbocycles. The van der Waals surface area contributed by atoms with E-state index in [1.165, 1.54) is 0 Å². The number of fused-ring (bicyclic) bond motifs is 1. The number of carbonyl (C=O) groups is 5. The van der Waals surface area contributed by atoms with Crippen molar-refractivity contribution in [2.75, 3.05) is 6.54 Å². The highest BCUT2D eigenvalue weighted by atomic mass is 16.4. The molecule has 1 aromatic heterocycles. The number of ketones is 1. The van der Waals surface area contributed by atoms with Crippen molar-refractivity contribution in [3.63, 3.8) is 0 Å². The fourth-order valence-corrected chi connectivity index (χ4v) is 3.50. The summed E-state index contributed by atoms with van der Waals surface area (Å²) in [6.07, 6.45) is 1.33. The van der Waals surface area contributed by atoms with Crippen LogP contribution in [0.25, 0.3) is 10.9 Å². The minimum Gasteiger partial charge on any atom is -0.480 e. The van der Waals surface area contributed by atoms with Gasteiger partial charge in [0.1, 0.15) is 18.1 Å². The number of Topliss-reactive ketones (excluding diaryl/α,β-unsaturated/α-hetero) is 1. The summed E-state index contributed by atoms with van der Waals surface area (Å²) < 4.78 is 0. The van der Waals surface area contributed by atoms with Crippen molar-refractivity contribution in [1.82, 2.24) is 20.9 Å². The first-order valence-corrected chi connectivity index (χ1v) is 9.69. The Bertz CT molecular complexity index is 1030. The number of H-pyrrole nitrogens is 1. The molecule has 2 aromatic rings. The SMILES string of the molecule is NC(=O)C[C@H](NC(=O)[C@H](Cc1c[nH]c2ccccc12)NC(=O)[C@@H]1NCCC1=O)C(=O)O. The molecule has 1 aliphatic rings. The number of nitrogens with two attached hydrogens (primary N) is 1. The first kappa shape index (κ1) is 22.0. The Kier molecular flexibility index (Phi) is 6.65. The van der Waals surface area contributed by atoms with Crippen molar-refractivity contribution < 1.29 is 29.1 Å². The third-order valence-electron chi connectivity index (χ3n) is 5.06. The van der Waals surface area contributed by atoms with Crippen LogP contribution in [-0.2, 0) is 30.4 Å². The number of aromatic amines is 1. The summed E-state index contributed by atoms with van der Waals surface area (Å²) in [5.41, 5.74) is 6.60. The molecule has 11 nitrogen and oxygen atoms in total. The fraction of sp³-hybridized carbons (Fsp3) is 0.350. The number of carboxylic acids is 1. The van der Waals surface area contributed by atoms with Gasteiger partial charge in [0.15, 0.2) is 5.78 Å². The number of aliphatic carboxylic acids is 1. The first-order chi connectivity index (χ1) is 14.8. The van der Waals surface area contributed by atoms with Crippen LogP contribution in [0.2, 0.25) is 0 Å². The second-order valence-electron chi connectivity index (χ2n) is 7.30. The van der Waals surface area contributed by atoms with Crippen LogP contribution < -0.4 is 21.7 Å². The van der Waals surface area contributed by atoms with Gasteiger partial charge in [0.2, 0.25) is 17.7 Å². The highest BCUT2D eigenvalue weighted by Crippen LogP contribution is 2.19. The van der Waals surface area contributed by atoms with Gasteiger partial charge in [-0.15, -0.1) is 0 Å². The summed E-state index contributed by atoms with van der Waals surface area (Å²) in [7, 11) is 0. The van der Waals surface area contributed by atoms with Crippen LogP contribution in [0.15, 0.2) is 30.5 Å². The molecule has 3 atom stereocenters. The van der Waals surface area contributed by atoms with Crippen LogP contribution in [0, 0.1) is 0 Å². The number of carbonyl (C=O) groups excluding carboxylic acids is 4. The number of aromatic nitrogens is 1. The van der Waals surface area contributed by atoms with Crippen LogP contribution >= 0.6 is 0 Å². The zero-order valence-corrected chi connectivity index (χ0v) is 16.5. The lowest BCUT2D eigenvalue weighted by Gasteiger charge is -2.22. The summed E-state index contributed by atoms with van der Waals surface area (Å²) >= 11 is 0. The van der Waals surface area contributed by atoms with Gasteiger partial charge in [-0.2, -0.15) is 0 Å². The second-order valence-corrected chi connectivity index (χ2v) is 7.30. The fourth-order valence-electron chi connectivity index (χ4n) is 3.50. The Morgan fingerprint density at radius 1 is 1.16 bits per heavy atom. The van der Waals surface area contributed by atoms with Gasteiger partial charge in [-0.25, -0.2) is 4.79 Å². The number of carboxylic acid groups (broad SMARTS) is 1. The summed E-state index contributed by atoms with van der Waals surface area (Å²) in [5, 5.41) is 17.6. The van der Waals surface area contributed by atoms with Gasteiger partial charge in [0, 0.05) is 36.5 Å². The summed E-state index contributed by atoms with van der Waals surface area (Å²) in [6, 6.07) is 3.55. The maximum absolute atomic E-state index is 12.9. The predicted molar refractivity (Wildman–Crippen MR) is 109 cm³/mol. The van der Waals surface area contributed by atoms with Crippen LogP contribution in [0.1, 0.15) is 18.4 Å². The molecule has 11 heteroatoms. The standard InChI is InChI=1S/C20H23N5O6/c21-16(27)8-14(20(30)31)25-18(28)13(24-19(29)17-15(26)5-6-22-17)7-10-9-23-12-4-2-1-3-11(10)12/h1-4,9,13-14,17,22-23H,5-8H2,(H2,21,27)(H,24,29)(H,25,28)(H,30,31)/t13-,14-,17+/m0/s1. The lowest BCUT2D eigenvalue weighted by molar-refractivity contribution is -0.143. The first-order valence-electron chi connectivity index (χ1n) is 9.69. The van der Waals surface area contributed by atoms with Gasteiger partial charge in [0.05, 0.1) is 6.42 Å². The van der Waals surface area contributed by atoms with Crippen LogP contribution in [0.3, 0.4) is 0 Å². The third kappa shape index (κ3) is 5.25. The Morgan fingerprint density at radius 2 is 1.90 bits per heavy atom. The average Bonchev–Trinajstić information content (AvgIpc) is 3.32. The van der Waals surface area contributed by atoms with Gasteiger partial charge in [-0.1, -0.05) is 18.2 Å². The van der Waals surface area contributed by atoms with E-state index < -0.39 is 48.2 Å². The Labute approximate surface area is 176 Å². The molecule has 0 saturated carbocycles. The number of primary amides is 1. The van der Waals surface area contributed by atoms with Crippen molar-refractivity contribution in [2.45, 2.75) is 37.4 Å². The predicted octanol–water partition coefficient (Wildman–Crippen LogP) is -1.43. The quantitative estimate of drug-likeness (QED) is 0.264. The van der Waals surface area contributed by atoms with Crippen molar-refractivity contribution in [2.24, 2.45) is 5.73 Å². The maximum Gasteiger partial charge on any atom is 0.326 e. The van der Waals surface area contributed by atoms with Gasteiger partial charge in [-0.05, 0) is 11.6 Å². The molecule has 31 heavy (non-hydrogen) atoms. The van der Waals surface area contributed by atoms with Crippen LogP contribution in [0.5, 0.6) is 0 Å². The van der Waals surface area contributed by atoms with Crippen molar-refractivity contribution in [3.8, 4) is 0 Å². The number of para-hydroxylation sites is 1. The molecule has 0 aliphatic carbocycles. The molecular formula is C20H23N5O6. The van der Waals surface area contributed by atoms with Gasteiger partial charge in [-0.3, -0.25) is 24.5 Å². The zero-order chi connectivity index (χ0) is 22.5. The summed E-state index contributed by atoms with van der Waals surface area (Å²) in [5.74, 6) is -4.11. The number of hydrogen-bond donors (Lipinski definition) is 6. The normalized spacial score (nSPS) is 17.8. The number of nitrogens with one attached hydrogen (secondary N) is 4. The number of benzene rings is 1. The Morgan fingerprint density at radius 3 is 2.55 bits per heavy atom. The number of rotatable bonds is 9. The van der Waals surface area contributed by atoms with E-state index in [1.54, 1.807) is 6.20 Å². The lowest BCUT2D eigenvalue weighted by atomic mass is 10.0. The third-order valence-corrected chi connectivity index (χ3v) is 5.06. The molecule has 164 valence electrons. The molecule has 0 spiro atoms. The molecule has 0 bridgehead atoms. The Balaban J connectivity index is 1.83. The largest absolute Gasteiger partial charge is 0.480 e. The molecular weight excluding hydrogens is 406 g/mol. The van der Waals surface area contributed by atoms with E-state index in [0.717, 1.165) is 10.9 Å². The van der Waals surface area contributed by atoms with E-state index in [9.17, 15) is 29.1 Å². The molecule has 7 N–H and O–H groups in total. The lowest BCUT2D eigenvalue weighted by Crippen LogP contribution is -2.56. The van der Waals surface area contributed by atoms with E-state index in [2.05, 4.69) is 20.9 Å². The molecule has 1 fully saturated rings. The average molecular weight is 429 g/mol. The smallest absolute Gasteiger partial charge is 0.326 e. The van der Waals surface area contributed by atoms with Crippen molar-refractivity contribution in [1.29, 1.82) is 0 Å². The minimum atomic E-state index is -1.54. The molecule has 1 aliphatic heterocycles. The number of amides is 3. The van der Waals surface area contributed by atoms with Crippen LogP contribution in [-0.4, -0.2) is 64.2 Å². The van der Waals surface area contributed by atoms with E-state index >= 15 is 0 Å². The summed E-state index contributed by atoms with van der Waals surface area (Å²) in [4.78, 5) is 63.0. The molecule has 3 amide bonds. The molecule has 1 saturated heterocycles. The van der Waals surface area contributed by atoms with E-state index in [1.807, 2.05) is 24.3 Å². The monoisotopic (exact) mass is 429 g/mol. The topological polar surface area (TPSA) is 183 Å². The second kappa shape index (κ2) is 9.39. The Hall–Kier alpha value is -3.73. The highest BCUT2D eigenvalue weighted by molar-refractivity contribution is 6.08. The molecule has 0 radical (unpaired) electrons. The molecule has 0 unspecified atom stereocenters. The van der Waals surface area contributed by atoms with Gasteiger partial charge >= 0.3 is 5.97 Å². The highest BCUT2D eigenvalue weighted by Gasteiger charge is 2.34. The van der Waals surface area contributed by atoms with Gasteiger partial charge < -0.3 is 26.5 Å². The van der Waals surface area contributed by atoms with Gasteiger partial charge in [0.25, 0.3) is 0 Å².